The largest absolute Gasteiger partial charge is 0.0841 e. The molecule has 2 rings (SSSR count). The van der Waals surface area contributed by atoms with Crippen molar-refractivity contribution in [3.8, 4) is 0 Å². The van der Waals surface area contributed by atoms with Crippen LogP contribution in [0.25, 0.3) is 0 Å². The Labute approximate surface area is 62.4 Å². The zero-order valence-electron chi connectivity index (χ0n) is 4.76. The summed E-state index contributed by atoms with van der Waals surface area (Å²) in [6, 6.07) is 9.23. The normalized spacial score (nSPS) is 15.6. The molecule has 0 saturated heterocycles. The molecule has 0 unspecified atom stereocenters. The third-order valence-electron chi connectivity index (χ3n) is 1.27. The molecule has 0 amide bonds. The van der Waals surface area contributed by atoms with E-state index in [2.05, 4.69) is 18.2 Å². The summed E-state index contributed by atoms with van der Waals surface area (Å²) in [5.41, 5.74) is 1.46. The third-order valence-corrected chi connectivity index (χ3v) is 3.63. The monoisotopic (exact) mass is 153 g/mol. The Balaban J connectivity index is 2.54. The van der Waals surface area contributed by atoms with E-state index >= 15 is 0 Å². The van der Waals surface area contributed by atoms with Gasteiger partial charge in [0, 0.05) is 10.6 Å². The van der Waals surface area contributed by atoms with Crippen molar-refractivity contribution in [1.82, 2.24) is 0 Å². The van der Waals surface area contributed by atoms with Crippen LogP contribution in [0.4, 0.5) is 0 Å². The molecule has 1 aliphatic heterocycles. The standard InChI is InChI=1S/C7H5S2/c1-2-4-7-6(3-1)5-8-9-7/h1,3-4H,5H2. The smallest absolute Gasteiger partial charge is 0.0303 e. The second-order valence-corrected chi connectivity index (χ2v) is 4.22. The molecule has 45 valence electrons. The van der Waals surface area contributed by atoms with Gasteiger partial charge in [0.2, 0.25) is 0 Å². The lowest BCUT2D eigenvalue weighted by molar-refractivity contribution is 1.29. The zero-order valence-corrected chi connectivity index (χ0v) is 6.39. The van der Waals surface area contributed by atoms with Gasteiger partial charge in [-0.3, -0.25) is 0 Å². The van der Waals surface area contributed by atoms with Gasteiger partial charge in [-0.25, -0.2) is 0 Å². The van der Waals surface area contributed by atoms with Crippen LogP contribution >= 0.6 is 21.6 Å². The molecule has 1 heterocycles. The van der Waals surface area contributed by atoms with Gasteiger partial charge in [-0.2, -0.15) is 0 Å². The second-order valence-electron chi connectivity index (χ2n) is 1.88. The average Bonchev–Trinajstić information content (AvgIpc) is 2.33. The van der Waals surface area contributed by atoms with E-state index < -0.39 is 0 Å². The minimum Gasteiger partial charge on any atom is -0.0841 e. The van der Waals surface area contributed by atoms with Crippen LogP contribution in [-0.4, -0.2) is 0 Å². The van der Waals surface area contributed by atoms with Crippen molar-refractivity contribution in [3.63, 3.8) is 0 Å². The lowest BCUT2D eigenvalue weighted by Crippen LogP contribution is -1.73. The lowest BCUT2D eigenvalue weighted by Gasteiger charge is -1.90. The summed E-state index contributed by atoms with van der Waals surface area (Å²) >= 11 is 0. The molecule has 0 nitrogen and oxygen atoms in total. The molecule has 9 heavy (non-hydrogen) atoms. The summed E-state index contributed by atoms with van der Waals surface area (Å²) in [4.78, 5) is 1.39. The van der Waals surface area contributed by atoms with E-state index in [0.717, 1.165) is 5.75 Å². The van der Waals surface area contributed by atoms with E-state index in [0.29, 0.717) is 0 Å². The van der Waals surface area contributed by atoms with Gasteiger partial charge < -0.3 is 0 Å². The fourth-order valence-electron chi connectivity index (χ4n) is 0.801. The molecule has 0 saturated carbocycles. The number of rotatable bonds is 0. The first-order valence-corrected chi connectivity index (χ1v) is 5.07. The maximum Gasteiger partial charge on any atom is 0.0303 e. The van der Waals surface area contributed by atoms with Crippen molar-refractivity contribution < 1.29 is 0 Å². The number of benzene rings is 1. The lowest BCUT2D eigenvalue weighted by atomic mass is 10.2. The Morgan fingerprint density at radius 2 is 2.56 bits per heavy atom. The fraction of sp³-hybridized carbons (Fsp3) is 0.143. The Kier molecular flexibility index (Phi) is 1.44. The number of hydrogen-bond donors (Lipinski definition) is 0. The van der Waals surface area contributed by atoms with Gasteiger partial charge in [-0.15, -0.1) is 0 Å². The van der Waals surface area contributed by atoms with E-state index in [1.807, 2.05) is 27.7 Å². The van der Waals surface area contributed by atoms with Crippen LogP contribution in [0.3, 0.4) is 0 Å². The van der Waals surface area contributed by atoms with Crippen molar-refractivity contribution in [2.45, 2.75) is 10.6 Å². The van der Waals surface area contributed by atoms with Gasteiger partial charge in [0.25, 0.3) is 0 Å². The molecule has 0 spiro atoms. The summed E-state index contributed by atoms with van der Waals surface area (Å²) in [6.45, 7) is 0. The molecule has 0 bridgehead atoms. The highest BCUT2D eigenvalue weighted by Crippen LogP contribution is 2.43. The first-order chi connectivity index (χ1) is 4.47. The quantitative estimate of drug-likeness (QED) is 0.526. The highest BCUT2D eigenvalue weighted by molar-refractivity contribution is 8.76. The molecule has 0 atom stereocenters. The minimum absolute atomic E-state index is 1.16. The van der Waals surface area contributed by atoms with Crippen LogP contribution in [0.2, 0.25) is 0 Å². The number of hydrogen-bond acceptors (Lipinski definition) is 2. The van der Waals surface area contributed by atoms with E-state index in [-0.39, 0.29) is 0 Å². The van der Waals surface area contributed by atoms with Crippen molar-refractivity contribution in [2.24, 2.45) is 0 Å². The van der Waals surface area contributed by atoms with Gasteiger partial charge in [0.05, 0.1) is 0 Å². The van der Waals surface area contributed by atoms with Crippen LogP contribution < -0.4 is 0 Å². The Bertz CT molecular complexity index is 197. The predicted octanol–water partition coefficient (Wildman–Crippen LogP) is 2.74. The first kappa shape index (κ1) is 5.69. The Hall–Kier alpha value is -0.0800. The van der Waals surface area contributed by atoms with Crippen LogP contribution in [-0.2, 0) is 5.75 Å². The molecule has 2 heteroatoms. The molecule has 1 aromatic carbocycles. The molecular weight excluding hydrogens is 148 g/mol. The Morgan fingerprint density at radius 3 is 3.44 bits per heavy atom. The van der Waals surface area contributed by atoms with E-state index in [1.54, 1.807) is 0 Å². The molecule has 1 radical (unpaired) electrons. The minimum atomic E-state index is 1.16. The van der Waals surface area contributed by atoms with Gasteiger partial charge in [-0.1, -0.05) is 33.7 Å². The SMILES string of the molecule is [c]1ccc2c(c1)SSC2. The molecular formula is C7H5S2. The van der Waals surface area contributed by atoms with E-state index in [1.165, 1.54) is 10.5 Å². The molecule has 0 N–H and O–H groups in total. The summed E-state index contributed by atoms with van der Waals surface area (Å²) in [7, 11) is 3.75. The van der Waals surface area contributed by atoms with Crippen molar-refractivity contribution in [2.75, 3.05) is 0 Å². The average molecular weight is 153 g/mol. The van der Waals surface area contributed by atoms with Gasteiger partial charge in [0.15, 0.2) is 0 Å². The van der Waals surface area contributed by atoms with Crippen molar-refractivity contribution >= 4 is 21.6 Å². The number of fused-ring (bicyclic) bond motifs is 1. The molecule has 0 fully saturated rings. The van der Waals surface area contributed by atoms with Gasteiger partial charge in [0.1, 0.15) is 0 Å². The third kappa shape index (κ3) is 0.970. The maximum absolute atomic E-state index is 3.06. The highest BCUT2D eigenvalue weighted by atomic mass is 33.1. The Morgan fingerprint density at radius 1 is 1.56 bits per heavy atom. The van der Waals surface area contributed by atoms with Crippen LogP contribution in [0.1, 0.15) is 5.56 Å². The molecule has 0 aliphatic carbocycles. The predicted molar refractivity (Wildman–Crippen MR) is 42.4 cm³/mol. The summed E-state index contributed by atoms with van der Waals surface area (Å²) in [5.74, 6) is 1.16. The maximum atomic E-state index is 3.06. The fourth-order valence-corrected chi connectivity index (χ4v) is 3.22. The van der Waals surface area contributed by atoms with Crippen molar-refractivity contribution in [1.29, 1.82) is 0 Å². The van der Waals surface area contributed by atoms with Crippen LogP contribution in [0.15, 0.2) is 23.1 Å². The molecule has 1 aliphatic rings. The first-order valence-electron chi connectivity index (χ1n) is 2.75. The topological polar surface area (TPSA) is 0 Å². The van der Waals surface area contributed by atoms with E-state index in [4.69, 9.17) is 0 Å². The summed E-state index contributed by atoms with van der Waals surface area (Å²) < 4.78 is 0. The van der Waals surface area contributed by atoms with Gasteiger partial charge in [-0.05, 0) is 17.7 Å². The van der Waals surface area contributed by atoms with E-state index in [9.17, 15) is 0 Å². The van der Waals surface area contributed by atoms with Gasteiger partial charge >= 0.3 is 0 Å². The zero-order chi connectivity index (χ0) is 6.10. The summed E-state index contributed by atoms with van der Waals surface area (Å²) in [5, 5.41) is 0. The second kappa shape index (κ2) is 2.27. The molecule has 1 aromatic rings. The summed E-state index contributed by atoms with van der Waals surface area (Å²) in [6.07, 6.45) is 0. The van der Waals surface area contributed by atoms with Crippen LogP contribution in [0.5, 0.6) is 0 Å². The molecule has 0 aromatic heterocycles. The van der Waals surface area contributed by atoms with Crippen molar-refractivity contribution in [3.05, 3.63) is 29.8 Å². The highest BCUT2D eigenvalue weighted by Gasteiger charge is 2.09. The van der Waals surface area contributed by atoms with Crippen LogP contribution in [0, 0.1) is 6.07 Å².